The highest BCUT2D eigenvalue weighted by atomic mass is 14.9. The zero-order valence-electron chi connectivity index (χ0n) is 12.2. The summed E-state index contributed by atoms with van der Waals surface area (Å²) in [6.45, 7) is 6.22. The average Bonchev–Trinajstić information content (AvgIpc) is 2.49. The normalized spacial score (nSPS) is 10.2. The Bertz CT molecular complexity index is 543. The maximum Gasteiger partial charge on any atom is 0.0460 e. The Morgan fingerprint density at radius 3 is 2.50 bits per heavy atom. The molecule has 0 fully saturated rings. The summed E-state index contributed by atoms with van der Waals surface area (Å²) in [7, 11) is 0. The van der Waals surface area contributed by atoms with Gasteiger partial charge in [0.25, 0.3) is 0 Å². The molecule has 2 rings (SSSR count). The molecular formula is C19H23N. The summed E-state index contributed by atoms with van der Waals surface area (Å²) in [5.74, 6) is 0. The van der Waals surface area contributed by atoms with E-state index in [-0.39, 0.29) is 0 Å². The van der Waals surface area contributed by atoms with Crippen LogP contribution in [0.15, 0.2) is 55.1 Å². The first-order chi connectivity index (χ1) is 9.85. The van der Waals surface area contributed by atoms with Crippen LogP contribution in [-0.4, -0.2) is 0 Å². The van der Waals surface area contributed by atoms with Crippen molar-refractivity contribution in [2.45, 2.75) is 32.6 Å². The maximum atomic E-state index is 3.98. The molecule has 0 spiro atoms. The lowest BCUT2D eigenvalue weighted by Gasteiger charge is -2.14. The summed E-state index contributed by atoms with van der Waals surface area (Å²) in [4.78, 5) is 0. The van der Waals surface area contributed by atoms with Crippen LogP contribution in [0.5, 0.6) is 0 Å². The minimum atomic E-state index is 1.11. The lowest BCUT2D eigenvalue weighted by Crippen LogP contribution is -1.97. The highest BCUT2D eigenvalue weighted by Gasteiger charge is 2.05. The van der Waals surface area contributed by atoms with Gasteiger partial charge in [0.05, 0.1) is 0 Å². The summed E-state index contributed by atoms with van der Waals surface area (Å²) in [5, 5.41) is 3.48. The smallest absolute Gasteiger partial charge is 0.0460 e. The second kappa shape index (κ2) is 7.54. The van der Waals surface area contributed by atoms with Crippen LogP contribution in [0.1, 0.15) is 37.3 Å². The monoisotopic (exact) mass is 265 g/mol. The molecule has 1 N–H and O–H groups in total. The average molecular weight is 265 g/mol. The van der Waals surface area contributed by atoms with Crippen molar-refractivity contribution in [3.8, 4) is 0 Å². The van der Waals surface area contributed by atoms with E-state index in [0.717, 1.165) is 17.8 Å². The Morgan fingerprint density at radius 2 is 1.80 bits per heavy atom. The van der Waals surface area contributed by atoms with Gasteiger partial charge in [-0.15, -0.1) is 0 Å². The quantitative estimate of drug-likeness (QED) is 0.623. The Labute approximate surface area is 122 Å². The van der Waals surface area contributed by atoms with Crippen molar-refractivity contribution in [3.05, 3.63) is 66.2 Å². The Hall–Kier alpha value is -2.02. The van der Waals surface area contributed by atoms with E-state index < -0.39 is 0 Å². The number of aryl methyl sites for hydroxylation is 1. The molecule has 2 aromatic rings. The number of unbranched alkanes of at least 4 members (excludes halogenated alkanes) is 2. The van der Waals surface area contributed by atoms with E-state index in [2.05, 4.69) is 49.2 Å². The van der Waals surface area contributed by atoms with Crippen LogP contribution in [0.25, 0.3) is 6.08 Å². The summed E-state index contributed by atoms with van der Waals surface area (Å²) < 4.78 is 0. The van der Waals surface area contributed by atoms with Crippen molar-refractivity contribution in [2.24, 2.45) is 0 Å². The summed E-state index contributed by atoms with van der Waals surface area (Å²) in [5.41, 5.74) is 4.86. The van der Waals surface area contributed by atoms with Crippen molar-refractivity contribution in [1.82, 2.24) is 0 Å². The number of hydrogen-bond acceptors (Lipinski definition) is 1. The molecular weight excluding hydrogens is 242 g/mol. The van der Waals surface area contributed by atoms with Gasteiger partial charge in [0, 0.05) is 16.9 Å². The van der Waals surface area contributed by atoms with Gasteiger partial charge in [-0.3, -0.25) is 0 Å². The molecule has 0 saturated carbocycles. The fraction of sp³-hybridized carbons (Fsp3) is 0.263. The number of nitrogens with one attached hydrogen (secondary N) is 1. The fourth-order valence-corrected chi connectivity index (χ4v) is 2.42. The van der Waals surface area contributed by atoms with Gasteiger partial charge < -0.3 is 5.32 Å². The first-order valence-electron chi connectivity index (χ1n) is 7.41. The summed E-state index contributed by atoms with van der Waals surface area (Å²) in [6, 6.07) is 16.7. The van der Waals surface area contributed by atoms with E-state index in [9.17, 15) is 0 Å². The summed E-state index contributed by atoms with van der Waals surface area (Å²) in [6.07, 6.45) is 6.87. The minimum Gasteiger partial charge on any atom is -0.355 e. The van der Waals surface area contributed by atoms with Crippen LogP contribution < -0.4 is 5.32 Å². The number of para-hydroxylation sites is 1. The molecule has 20 heavy (non-hydrogen) atoms. The number of hydrogen-bond donors (Lipinski definition) is 1. The van der Waals surface area contributed by atoms with Gasteiger partial charge in [-0.25, -0.2) is 0 Å². The molecule has 0 aliphatic heterocycles. The van der Waals surface area contributed by atoms with Crippen LogP contribution in [0, 0.1) is 0 Å². The van der Waals surface area contributed by atoms with Crippen LogP contribution in [0.4, 0.5) is 11.4 Å². The Kier molecular flexibility index (Phi) is 5.43. The first kappa shape index (κ1) is 14.4. The van der Waals surface area contributed by atoms with Crippen molar-refractivity contribution >= 4 is 17.5 Å². The third kappa shape index (κ3) is 3.74. The molecule has 0 amide bonds. The number of rotatable bonds is 7. The molecule has 104 valence electrons. The second-order valence-corrected chi connectivity index (χ2v) is 5.03. The van der Waals surface area contributed by atoms with Gasteiger partial charge in [-0.2, -0.15) is 0 Å². The SMILES string of the molecule is C=Cc1c(CCCCC)cccc1Nc1ccccc1. The topological polar surface area (TPSA) is 12.0 Å². The second-order valence-electron chi connectivity index (χ2n) is 5.03. The molecule has 0 aliphatic rings. The van der Waals surface area contributed by atoms with Gasteiger partial charge in [0.15, 0.2) is 0 Å². The largest absolute Gasteiger partial charge is 0.355 e. The number of anilines is 2. The highest BCUT2D eigenvalue weighted by molar-refractivity contribution is 5.73. The van der Waals surface area contributed by atoms with Crippen molar-refractivity contribution in [3.63, 3.8) is 0 Å². The highest BCUT2D eigenvalue weighted by Crippen LogP contribution is 2.26. The van der Waals surface area contributed by atoms with Crippen LogP contribution in [-0.2, 0) is 6.42 Å². The van der Waals surface area contributed by atoms with Crippen LogP contribution in [0.2, 0.25) is 0 Å². The molecule has 0 atom stereocenters. The van der Waals surface area contributed by atoms with Crippen molar-refractivity contribution in [2.75, 3.05) is 5.32 Å². The van der Waals surface area contributed by atoms with Gasteiger partial charge in [-0.1, -0.05) is 62.8 Å². The van der Waals surface area contributed by atoms with E-state index in [4.69, 9.17) is 0 Å². The molecule has 0 radical (unpaired) electrons. The molecule has 0 saturated heterocycles. The Balaban J connectivity index is 2.20. The van der Waals surface area contributed by atoms with Crippen LogP contribution in [0.3, 0.4) is 0 Å². The minimum absolute atomic E-state index is 1.11. The standard InChI is InChI=1S/C19H23N/c1-3-5-7-11-16-12-10-15-19(18(16)4-2)20-17-13-8-6-9-14-17/h4,6,8-10,12-15,20H,2-3,5,7,11H2,1H3. The maximum absolute atomic E-state index is 3.98. The molecule has 0 aliphatic carbocycles. The molecule has 1 nitrogen and oxygen atoms in total. The van der Waals surface area contributed by atoms with E-state index in [1.165, 1.54) is 30.4 Å². The van der Waals surface area contributed by atoms with Crippen molar-refractivity contribution < 1.29 is 0 Å². The first-order valence-corrected chi connectivity index (χ1v) is 7.41. The third-order valence-corrected chi connectivity index (χ3v) is 3.50. The lowest BCUT2D eigenvalue weighted by molar-refractivity contribution is 0.717. The molecule has 2 aromatic carbocycles. The molecule has 0 aromatic heterocycles. The molecule has 0 unspecified atom stereocenters. The predicted octanol–water partition coefficient (Wildman–Crippen LogP) is 5.81. The Morgan fingerprint density at radius 1 is 1.00 bits per heavy atom. The van der Waals surface area contributed by atoms with Gasteiger partial charge >= 0.3 is 0 Å². The third-order valence-electron chi connectivity index (χ3n) is 3.50. The van der Waals surface area contributed by atoms with Gasteiger partial charge in [0.2, 0.25) is 0 Å². The van der Waals surface area contributed by atoms with Crippen LogP contribution >= 0.6 is 0 Å². The van der Waals surface area contributed by atoms with Crippen molar-refractivity contribution in [1.29, 1.82) is 0 Å². The summed E-state index contributed by atoms with van der Waals surface area (Å²) >= 11 is 0. The van der Waals surface area contributed by atoms with E-state index in [1.54, 1.807) is 0 Å². The van der Waals surface area contributed by atoms with E-state index in [1.807, 2.05) is 24.3 Å². The van der Waals surface area contributed by atoms with E-state index >= 15 is 0 Å². The van der Waals surface area contributed by atoms with E-state index in [0.29, 0.717) is 0 Å². The molecule has 0 heterocycles. The fourth-order valence-electron chi connectivity index (χ4n) is 2.42. The zero-order valence-corrected chi connectivity index (χ0v) is 12.2. The lowest BCUT2D eigenvalue weighted by atomic mass is 9.99. The molecule has 1 heteroatoms. The number of benzene rings is 2. The predicted molar refractivity (Wildman–Crippen MR) is 89.5 cm³/mol. The van der Waals surface area contributed by atoms with Gasteiger partial charge in [0.1, 0.15) is 0 Å². The molecule has 0 bridgehead atoms. The zero-order chi connectivity index (χ0) is 14.2. The van der Waals surface area contributed by atoms with Gasteiger partial charge in [-0.05, 0) is 36.6 Å².